The number of aromatic nitrogens is 2. The largest absolute Gasteiger partial charge is 0.494 e. The quantitative estimate of drug-likeness (QED) is 0.729. The van der Waals surface area contributed by atoms with E-state index in [1.54, 1.807) is 0 Å². The van der Waals surface area contributed by atoms with Gasteiger partial charge in [-0.25, -0.2) is 14.8 Å². The molecule has 0 saturated carbocycles. The number of carboxylic acid groups (broad SMARTS) is 1. The topological polar surface area (TPSA) is 84.3 Å². The van der Waals surface area contributed by atoms with Crippen molar-refractivity contribution >= 4 is 11.8 Å². The molecule has 1 heterocycles. The molecule has 0 aliphatic carbocycles. The summed E-state index contributed by atoms with van der Waals surface area (Å²) in [5.41, 5.74) is 0.981. The Balaban J connectivity index is 1.90. The van der Waals surface area contributed by atoms with Gasteiger partial charge >= 0.3 is 5.97 Å². The van der Waals surface area contributed by atoms with Crippen LogP contribution in [0.1, 0.15) is 35.8 Å². The maximum absolute atomic E-state index is 10.7. The van der Waals surface area contributed by atoms with Gasteiger partial charge in [-0.2, -0.15) is 0 Å². The summed E-state index contributed by atoms with van der Waals surface area (Å²) in [5.74, 6) is 0.290. The zero-order valence-corrected chi connectivity index (χ0v) is 12.5. The molecule has 0 radical (unpaired) electrons. The summed E-state index contributed by atoms with van der Waals surface area (Å²) in [4.78, 5) is 18.5. The van der Waals surface area contributed by atoms with Crippen LogP contribution in [0.15, 0.2) is 36.7 Å². The van der Waals surface area contributed by atoms with Crippen LogP contribution in [0.4, 0.5) is 5.82 Å². The fourth-order valence-corrected chi connectivity index (χ4v) is 1.80. The van der Waals surface area contributed by atoms with Crippen molar-refractivity contribution in [3.8, 4) is 5.75 Å². The summed E-state index contributed by atoms with van der Waals surface area (Å²) in [5, 5.41) is 11.9. The molecule has 0 saturated heterocycles. The Bertz CT molecular complexity index is 614. The van der Waals surface area contributed by atoms with Gasteiger partial charge in [0.25, 0.3) is 0 Å². The minimum Gasteiger partial charge on any atom is -0.494 e. The molecular weight excluding hydrogens is 282 g/mol. The number of hydrogen-bond acceptors (Lipinski definition) is 5. The molecule has 0 spiro atoms. The monoisotopic (exact) mass is 301 g/mol. The third kappa shape index (κ3) is 4.73. The number of rotatable bonds is 8. The lowest BCUT2D eigenvalue weighted by molar-refractivity contribution is 0.0690. The maximum atomic E-state index is 10.7. The highest BCUT2D eigenvalue weighted by Gasteiger charge is 2.04. The van der Waals surface area contributed by atoms with Gasteiger partial charge < -0.3 is 15.2 Å². The molecule has 2 aromatic rings. The standard InChI is InChI=1S/C16H19N3O3/c1-2-3-7-22-13-6-4-5-12(8-13)9-18-15-11-17-14(10-19-15)16(20)21/h4-6,8,10-11H,2-3,7,9H2,1H3,(H,18,19)(H,20,21). The van der Waals surface area contributed by atoms with Crippen LogP contribution in [0.2, 0.25) is 0 Å². The van der Waals surface area contributed by atoms with Crippen molar-refractivity contribution in [2.45, 2.75) is 26.3 Å². The lowest BCUT2D eigenvalue weighted by atomic mass is 10.2. The number of carbonyl (C=O) groups is 1. The molecule has 0 bridgehead atoms. The molecule has 0 aliphatic rings. The van der Waals surface area contributed by atoms with E-state index in [2.05, 4.69) is 22.2 Å². The molecule has 1 aromatic carbocycles. The molecule has 2 rings (SSSR count). The Morgan fingerprint density at radius 2 is 2.18 bits per heavy atom. The second kappa shape index (κ2) is 7.97. The number of aromatic carboxylic acids is 1. The summed E-state index contributed by atoms with van der Waals surface area (Å²) in [6.45, 7) is 3.40. The van der Waals surface area contributed by atoms with Crippen LogP contribution in [-0.2, 0) is 6.54 Å². The highest BCUT2D eigenvalue weighted by Crippen LogP contribution is 2.15. The van der Waals surface area contributed by atoms with Crippen LogP contribution < -0.4 is 10.1 Å². The number of carboxylic acids is 1. The van der Waals surface area contributed by atoms with E-state index in [-0.39, 0.29) is 5.69 Å². The summed E-state index contributed by atoms with van der Waals surface area (Å²) < 4.78 is 5.66. The number of nitrogens with zero attached hydrogens (tertiary/aromatic N) is 2. The molecular formula is C16H19N3O3. The van der Waals surface area contributed by atoms with Gasteiger partial charge in [0.1, 0.15) is 11.6 Å². The van der Waals surface area contributed by atoms with Gasteiger partial charge in [0.05, 0.1) is 19.0 Å². The molecule has 1 aromatic heterocycles. The molecule has 2 N–H and O–H groups in total. The summed E-state index contributed by atoms with van der Waals surface area (Å²) in [6, 6.07) is 7.83. The van der Waals surface area contributed by atoms with Gasteiger partial charge in [-0.15, -0.1) is 0 Å². The fraction of sp³-hybridized carbons (Fsp3) is 0.312. The zero-order chi connectivity index (χ0) is 15.8. The van der Waals surface area contributed by atoms with Crippen LogP contribution in [0.5, 0.6) is 5.75 Å². The van der Waals surface area contributed by atoms with Gasteiger partial charge in [-0.3, -0.25) is 0 Å². The van der Waals surface area contributed by atoms with Crippen LogP contribution in [0.25, 0.3) is 0 Å². The smallest absolute Gasteiger partial charge is 0.356 e. The van der Waals surface area contributed by atoms with E-state index in [9.17, 15) is 4.79 Å². The van der Waals surface area contributed by atoms with Gasteiger partial charge in [0.15, 0.2) is 5.69 Å². The first-order chi connectivity index (χ1) is 10.7. The summed E-state index contributed by atoms with van der Waals surface area (Å²) in [7, 11) is 0. The van der Waals surface area contributed by atoms with Crippen LogP contribution in [0.3, 0.4) is 0 Å². The second-order valence-electron chi connectivity index (χ2n) is 4.80. The van der Waals surface area contributed by atoms with Gasteiger partial charge in [-0.05, 0) is 24.1 Å². The van der Waals surface area contributed by atoms with Crippen molar-refractivity contribution in [1.82, 2.24) is 9.97 Å². The molecule has 0 atom stereocenters. The number of anilines is 1. The number of benzene rings is 1. The molecule has 6 heteroatoms. The minimum atomic E-state index is -1.09. The molecule has 116 valence electrons. The van der Waals surface area contributed by atoms with Crippen molar-refractivity contribution in [2.75, 3.05) is 11.9 Å². The van der Waals surface area contributed by atoms with E-state index in [0.717, 1.165) is 30.8 Å². The van der Waals surface area contributed by atoms with Gasteiger partial charge in [0, 0.05) is 6.54 Å². The SMILES string of the molecule is CCCCOc1cccc(CNc2cnc(C(=O)O)cn2)c1. The van der Waals surface area contributed by atoms with E-state index < -0.39 is 5.97 Å². The van der Waals surface area contributed by atoms with Crippen LogP contribution in [-0.4, -0.2) is 27.7 Å². The molecule has 22 heavy (non-hydrogen) atoms. The average Bonchev–Trinajstić information content (AvgIpc) is 2.54. The first-order valence-electron chi connectivity index (χ1n) is 7.20. The average molecular weight is 301 g/mol. The highest BCUT2D eigenvalue weighted by atomic mass is 16.5. The van der Waals surface area contributed by atoms with Gasteiger partial charge in [-0.1, -0.05) is 25.5 Å². The van der Waals surface area contributed by atoms with Crippen molar-refractivity contribution < 1.29 is 14.6 Å². The van der Waals surface area contributed by atoms with Crippen LogP contribution >= 0.6 is 0 Å². The first kappa shape index (κ1) is 15.8. The third-order valence-electron chi connectivity index (χ3n) is 3.01. The Kier molecular flexibility index (Phi) is 5.71. The normalized spacial score (nSPS) is 10.2. The van der Waals surface area contributed by atoms with E-state index in [1.807, 2.05) is 24.3 Å². The molecule has 6 nitrogen and oxygen atoms in total. The Hall–Kier alpha value is -2.63. The van der Waals surface area contributed by atoms with E-state index in [1.165, 1.54) is 12.4 Å². The molecule has 0 aliphatic heterocycles. The maximum Gasteiger partial charge on any atom is 0.356 e. The number of nitrogens with one attached hydrogen (secondary N) is 1. The number of ether oxygens (including phenoxy) is 1. The Morgan fingerprint density at radius 3 is 2.86 bits per heavy atom. The lowest BCUT2D eigenvalue weighted by Crippen LogP contribution is -2.05. The van der Waals surface area contributed by atoms with E-state index in [0.29, 0.717) is 12.4 Å². The van der Waals surface area contributed by atoms with Gasteiger partial charge in [0.2, 0.25) is 0 Å². The third-order valence-corrected chi connectivity index (χ3v) is 3.01. The van der Waals surface area contributed by atoms with Crippen LogP contribution in [0, 0.1) is 0 Å². The Labute approximate surface area is 129 Å². The second-order valence-corrected chi connectivity index (χ2v) is 4.80. The fourth-order valence-electron chi connectivity index (χ4n) is 1.80. The van der Waals surface area contributed by atoms with E-state index >= 15 is 0 Å². The van der Waals surface area contributed by atoms with E-state index in [4.69, 9.17) is 9.84 Å². The zero-order valence-electron chi connectivity index (χ0n) is 12.5. The molecule has 0 fully saturated rings. The van der Waals surface area contributed by atoms with Crippen molar-refractivity contribution in [1.29, 1.82) is 0 Å². The first-order valence-corrected chi connectivity index (χ1v) is 7.20. The molecule has 0 unspecified atom stereocenters. The summed E-state index contributed by atoms with van der Waals surface area (Å²) in [6.07, 6.45) is 4.78. The summed E-state index contributed by atoms with van der Waals surface area (Å²) >= 11 is 0. The number of hydrogen-bond donors (Lipinski definition) is 2. The van der Waals surface area contributed by atoms with Crippen molar-refractivity contribution in [2.24, 2.45) is 0 Å². The number of unbranched alkanes of at least 4 members (excludes halogenated alkanes) is 1. The predicted molar refractivity (Wildman–Crippen MR) is 83.2 cm³/mol. The van der Waals surface area contributed by atoms with Crippen molar-refractivity contribution in [3.05, 3.63) is 47.9 Å². The Morgan fingerprint density at radius 1 is 1.32 bits per heavy atom. The van der Waals surface area contributed by atoms with Crippen molar-refractivity contribution in [3.63, 3.8) is 0 Å². The minimum absolute atomic E-state index is 0.0723. The molecule has 0 amide bonds. The predicted octanol–water partition coefficient (Wildman–Crippen LogP) is 2.97. The highest BCUT2D eigenvalue weighted by molar-refractivity contribution is 5.84. The lowest BCUT2D eigenvalue weighted by Gasteiger charge is -2.09.